The molecule has 0 aliphatic heterocycles. The lowest BCUT2D eigenvalue weighted by molar-refractivity contribution is 0.446. The Kier molecular flexibility index (Phi) is 11.1. The number of phenolic OH excluding ortho intramolecular Hbond substituents is 1. The van der Waals surface area contributed by atoms with Crippen LogP contribution in [0.4, 0.5) is 0 Å². The third kappa shape index (κ3) is 8.26. The van der Waals surface area contributed by atoms with Gasteiger partial charge in [0, 0.05) is 33.7 Å². The van der Waals surface area contributed by atoms with Crippen LogP contribution in [0, 0.1) is 0 Å². The number of benzene rings is 8. The number of nitrogens with zero attached hydrogens (tertiary/aromatic N) is 4. The fraction of sp³-hybridized carbons (Fsp3) is 0.169. The number of pyridine rings is 1. The molecule has 0 atom stereocenters. The van der Waals surface area contributed by atoms with Crippen LogP contribution in [0.3, 0.4) is 0 Å². The Morgan fingerprint density at radius 1 is 0.451 bits per heavy atom. The summed E-state index contributed by atoms with van der Waals surface area (Å²) in [4.78, 5) is 10.7. The van der Waals surface area contributed by atoms with Crippen molar-refractivity contribution in [3.63, 3.8) is 0 Å². The van der Waals surface area contributed by atoms with Gasteiger partial charge in [-0.25, -0.2) is 9.97 Å². The highest BCUT2D eigenvalue weighted by molar-refractivity contribution is 6.88. The van der Waals surface area contributed by atoms with Gasteiger partial charge in [-0.05, 0) is 98.3 Å². The number of aromatic hydroxyl groups is 1. The Balaban J connectivity index is 1.19. The van der Waals surface area contributed by atoms with E-state index in [0.29, 0.717) is 11.4 Å². The highest BCUT2D eigenvalue weighted by Gasteiger charge is 2.30. The summed E-state index contributed by atoms with van der Waals surface area (Å²) in [7, 11) is -1.49. The molecule has 3 heterocycles. The molecule has 0 spiro atoms. The molecule has 350 valence electrons. The van der Waals surface area contributed by atoms with Gasteiger partial charge in [-0.3, -0.25) is 9.13 Å². The van der Waals surface area contributed by atoms with Crippen molar-refractivity contribution < 1.29 is 5.11 Å². The van der Waals surface area contributed by atoms with E-state index in [4.69, 9.17) is 9.97 Å². The number of hydrogen-bond donors (Lipinski definition) is 1. The molecule has 0 amide bonds. The second kappa shape index (κ2) is 17.3. The smallest absolute Gasteiger partial charge is 0.149 e. The summed E-state index contributed by atoms with van der Waals surface area (Å²) < 4.78 is 4.59. The van der Waals surface area contributed by atoms with Gasteiger partial charge in [-0.1, -0.05) is 206 Å². The standard InChI is InChI=1S/C65H60N4OSi/c1-64(2,3)48-40-54(62(70)55(41-48)65(4,5)6)63-67-61-50(47-29-33-52-51-23-16-17-25-56(51)68(59(52)38-47)60-39-46(35-36-66-60)42-19-12-10-13-20-42)24-18-26-58(61)69(63)57-34-30-45(37-53(57)44-21-14-11-15-22-44)43-27-31-49(32-28-43)71(7,8)9/h10-41,70H,1-9H3. The monoisotopic (exact) mass is 940 g/mol. The Morgan fingerprint density at radius 3 is 1.77 bits per heavy atom. The summed E-state index contributed by atoms with van der Waals surface area (Å²) in [5.74, 6) is 1.79. The topological polar surface area (TPSA) is 55.9 Å². The molecule has 0 aliphatic rings. The van der Waals surface area contributed by atoms with Crippen LogP contribution in [0.5, 0.6) is 5.75 Å². The molecule has 11 aromatic rings. The predicted molar refractivity (Wildman–Crippen MR) is 302 cm³/mol. The maximum Gasteiger partial charge on any atom is 0.149 e. The summed E-state index contributed by atoms with van der Waals surface area (Å²) >= 11 is 0. The van der Waals surface area contributed by atoms with Crippen LogP contribution in [-0.2, 0) is 10.8 Å². The third-order valence-electron chi connectivity index (χ3n) is 14.2. The van der Waals surface area contributed by atoms with Crippen LogP contribution in [0.1, 0.15) is 52.7 Å². The van der Waals surface area contributed by atoms with Gasteiger partial charge in [0.2, 0.25) is 0 Å². The molecule has 0 saturated heterocycles. The van der Waals surface area contributed by atoms with Crippen molar-refractivity contribution in [1.29, 1.82) is 0 Å². The summed E-state index contributed by atoms with van der Waals surface area (Å²) in [6.07, 6.45) is 1.91. The summed E-state index contributed by atoms with van der Waals surface area (Å²) in [5, 5.41) is 16.4. The van der Waals surface area contributed by atoms with Crippen LogP contribution < -0.4 is 5.19 Å². The molecule has 3 aromatic heterocycles. The van der Waals surface area contributed by atoms with Crippen LogP contribution >= 0.6 is 0 Å². The molecule has 8 aromatic carbocycles. The molecule has 1 N–H and O–H groups in total. The molecule has 0 radical (unpaired) electrons. The number of para-hydroxylation sites is 2. The van der Waals surface area contributed by atoms with E-state index in [1.54, 1.807) is 0 Å². The first-order valence-electron chi connectivity index (χ1n) is 24.8. The van der Waals surface area contributed by atoms with E-state index in [1.165, 1.54) is 16.1 Å². The minimum atomic E-state index is -1.49. The highest BCUT2D eigenvalue weighted by Crippen LogP contribution is 2.46. The molecular formula is C65H60N4OSi. The van der Waals surface area contributed by atoms with Crippen molar-refractivity contribution in [2.45, 2.75) is 72.0 Å². The minimum Gasteiger partial charge on any atom is -0.507 e. The van der Waals surface area contributed by atoms with Crippen molar-refractivity contribution >= 4 is 46.1 Å². The zero-order chi connectivity index (χ0) is 49.4. The van der Waals surface area contributed by atoms with E-state index in [1.807, 2.05) is 12.3 Å². The molecule has 6 heteroatoms. The maximum absolute atomic E-state index is 12.7. The summed E-state index contributed by atoms with van der Waals surface area (Å²) in [6, 6.07) is 67.6. The molecule has 0 saturated carbocycles. The predicted octanol–water partition coefficient (Wildman–Crippen LogP) is 16.7. The molecular weight excluding hydrogens is 881 g/mol. The fourth-order valence-corrected chi connectivity index (χ4v) is 11.4. The van der Waals surface area contributed by atoms with E-state index in [-0.39, 0.29) is 16.6 Å². The van der Waals surface area contributed by atoms with Gasteiger partial charge < -0.3 is 5.11 Å². The lowest BCUT2D eigenvalue weighted by Gasteiger charge is -2.27. The number of imidazole rings is 1. The number of hydrogen-bond acceptors (Lipinski definition) is 3. The zero-order valence-corrected chi connectivity index (χ0v) is 43.2. The molecule has 0 bridgehead atoms. The molecule has 0 unspecified atom stereocenters. The molecule has 11 rings (SSSR count). The van der Waals surface area contributed by atoms with Gasteiger partial charge >= 0.3 is 0 Å². The molecule has 71 heavy (non-hydrogen) atoms. The van der Waals surface area contributed by atoms with Gasteiger partial charge in [0.15, 0.2) is 0 Å². The average Bonchev–Trinajstić information content (AvgIpc) is 3.92. The quantitative estimate of drug-likeness (QED) is 0.154. The number of fused-ring (bicyclic) bond motifs is 4. The van der Waals surface area contributed by atoms with Crippen molar-refractivity contribution in [1.82, 2.24) is 19.1 Å². The van der Waals surface area contributed by atoms with Crippen molar-refractivity contribution in [3.05, 3.63) is 205 Å². The lowest BCUT2D eigenvalue weighted by atomic mass is 9.79. The van der Waals surface area contributed by atoms with Crippen LogP contribution in [-0.4, -0.2) is 32.3 Å². The number of aromatic nitrogens is 4. The van der Waals surface area contributed by atoms with Crippen LogP contribution in [0.2, 0.25) is 19.6 Å². The number of rotatable bonds is 8. The molecule has 0 aliphatic carbocycles. The van der Waals surface area contributed by atoms with Crippen molar-refractivity contribution in [2.24, 2.45) is 0 Å². The van der Waals surface area contributed by atoms with Gasteiger partial charge in [0.05, 0.1) is 41.4 Å². The first-order valence-corrected chi connectivity index (χ1v) is 28.3. The highest BCUT2D eigenvalue weighted by atomic mass is 28.3. The fourth-order valence-electron chi connectivity index (χ4n) is 10.2. The van der Waals surface area contributed by atoms with Gasteiger partial charge in [0.1, 0.15) is 17.4 Å². The Hall–Kier alpha value is -7.80. The van der Waals surface area contributed by atoms with E-state index < -0.39 is 8.07 Å². The lowest BCUT2D eigenvalue weighted by Crippen LogP contribution is -2.37. The Labute approximate surface area is 418 Å². The van der Waals surface area contributed by atoms with Crippen LogP contribution in [0.15, 0.2) is 194 Å². The average molecular weight is 941 g/mol. The van der Waals surface area contributed by atoms with Gasteiger partial charge in [-0.15, -0.1) is 0 Å². The van der Waals surface area contributed by atoms with Gasteiger partial charge in [-0.2, -0.15) is 0 Å². The summed E-state index contributed by atoms with van der Waals surface area (Å²) in [5.41, 5.74) is 15.9. The van der Waals surface area contributed by atoms with E-state index in [0.717, 1.165) is 89.0 Å². The third-order valence-corrected chi connectivity index (χ3v) is 16.2. The second-order valence-electron chi connectivity index (χ2n) is 22.1. The van der Waals surface area contributed by atoms with Gasteiger partial charge in [0.25, 0.3) is 0 Å². The maximum atomic E-state index is 12.7. The summed E-state index contributed by atoms with van der Waals surface area (Å²) in [6.45, 7) is 20.4. The van der Waals surface area contributed by atoms with Crippen LogP contribution in [0.25, 0.3) is 100 Å². The van der Waals surface area contributed by atoms with E-state index in [9.17, 15) is 5.11 Å². The Morgan fingerprint density at radius 2 is 1.07 bits per heavy atom. The minimum absolute atomic E-state index is 0.199. The first kappa shape index (κ1) is 45.6. The second-order valence-corrected chi connectivity index (χ2v) is 27.2. The van der Waals surface area contributed by atoms with Crippen molar-refractivity contribution in [3.8, 4) is 73.2 Å². The Bertz CT molecular complexity index is 3810. The number of phenols is 1. The zero-order valence-electron chi connectivity index (χ0n) is 42.2. The normalized spacial score (nSPS) is 12.4. The van der Waals surface area contributed by atoms with E-state index >= 15 is 0 Å². The van der Waals surface area contributed by atoms with E-state index in [2.05, 4.69) is 252 Å². The SMILES string of the molecule is CC(C)(C)c1cc(-c2nc3c(-c4ccc5c6ccccc6n(-c6cc(-c7ccccc7)ccn6)c5c4)cccc3n2-c2ccc(-c3ccc([Si](C)(C)C)cc3)cc2-c2ccccc2)c(O)c(C(C)(C)C)c1. The largest absolute Gasteiger partial charge is 0.507 e. The first-order chi connectivity index (χ1) is 34.0. The van der Waals surface area contributed by atoms with Crippen molar-refractivity contribution in [2.75, 3.05) is 0 Å². The molecule has 0 fully saturated rings. The molecule has 5 nitrogen and oxygen atoms in total.